The fraction of sp³-hybridized carbons (Fsp3) is 0.200. The van der Waals surface area contributed by atoms with Crippen molar-refractivity contribution in [1.82, 2.24) is 0 Å². The van der Waals surface area contributed by atoms with Crippen LogP contribution in [0.2, 0.25) is 0 Å². The van der Waals surface area contributed by atoms with E-state index in [1.807, 2.05) is 0 Å². The highest BCUT2D eigenvalue weighted by Gasteiger charge is 2.20. The molecule has 0 fully saturated rings. The molecule has 2 rings (SSSR count). The molecule has 106 valence electrons. The molecule has 1 unspecified atom stereocenters. The third-order valence-electron chi connectivity index (χ3n) is 2.93. The highest BCUT2D eigenvalue weighted by Crippen LogP contribution is 2.30. The molecule has 0 amide bonds. The molecule has 0 saturated heterocycles. The van der Waals surface area contributed by atoms with Gasteiger partial charge >= 0.3 is 0 Å². The molecular formula is C15H12ClF3O. The van der Waals surface area contributed by atoms with Crippen molar-refractivity contribution in [3.8, 4) is 5.75 Å². The average molecular weight is 301 g/mol. The van der Waals surface area contributed by atoms with Crippen LogP contribution >= 0.6 is 11.6 Å². The van der Waals surface area contributed by atoms with Crippen molar-refractivity contribution in [3.05, 3.63) is 65.0 Å². The number of halogens is 4. The van der Waals surface area contributed by atoms with Gasteiger partial charge in [-0.05, 0) is 24.1 Å². The van der Waals surface area contributed by atoms with Crippen LogP contribution in [0.25, 0.3) is 0 Å². The second-order valence-corrected chi connectivity index (χ2v) is 4.83. The van der Waals surface area contributed by atoms with Crippen molar-refractivity contribution in [2.75, 3.05) is 7.11 Å². The number of hydrogen-bond acceptors (Lipinski definition) is 1. The molecule has 0 aliphatic carbocycles. The SMILES string of the molecule is COc1ccc(CC(Cl)c2c(F)cc(F)cc2F)cc1. The van der Waals surface area contributed by atoms with E-state index in [1.165, 1.54) is 0 Å². The molecular weight excluding hydrogens is 289 g/mol. The van der Waals surface area contributed by atoms with Gasteiger partial charge in [-0.1, -0.05) is 12.1 Å². The Kier molecular flexibility index (Phi) is 4.55. The topological polar surface area (TPSA) is 9.23 Å². The van der Waals surface area contributed by atoms with Crippen LogP contribution in [0.4, 0.5) is 13.2 Å². The van der Waals surface area contributed by atoms with Crippen molar-refractivity contribution in [1.29, 1.82) is 0 Å². The summed E-state index contributed by atoms with van der Waals surface area (Å²) in [6, 6.07) is 8.23. The lowest BCUT2D eigenvalue weighted by Gasteiger charge is -2.12. The maximum absolute atomic E-state index is 13.6. The normalized spacial score (nSPS) is 12.2. The van der Waals surface area contributed by atoms with Crippen LogP contribution in [0.15, 0.2) is 36.4 Å². The predicted octanol–water partition coefficient (Wildman–Crippen LogP) is 4.64. The first-order valence-corrected chi connectivity index (χ1v) is 6.36. The summed E-state index contributed by atoms with van der Waals surface area (Å²) in [7, 11) is 1.54. The van der Waals surface area contributed by atoms with E-state index in [0.29, 0.717) is 17.9 Å². The molecule has 0 radical (unpaired) electrons. The van der Waals surface area contributed by atoms with Crippen molar-refractivity contribution < 1.29 is 17.9 Å². The molecule has 0 N–H and O–H groups in total. The van der Waals surface area contributed by atoms with E-state index in [0.717, 1.165) is 5.56 Å². The van der Waals surface area contributed by atoms with Gasteiger partial charge in [0, 0.05) is 17.7 Å². The molecule has 1 nitrogen and oxygen atoms in total. The van der Waals surface area contributed by atoms with E-state index in [-0.39, 0.29) is 12.0 Å². The molecule has 0 aliphatic rings. The van der Waals surface area contributed by atoms with Crippen LogP contribution < -0.4 is 4.74 Å². The number of methoxy groups -OCH3 is 1. The molecule has 20 heavy (non-hydrogen) atoms. The van der Waals surface area contributed by atoms with Crippen LogP contribution in [-0.2, 0) is 6.42 Å². The summed E-state index contributed by atoms with van der Waals surface area (Å²) < 4.78 is 45.1. The monoisotopic (exact) mass is 300 g/mol. The summed E-state index contributed by atoms with van der Waals surface area (Å²) in [5.41, 5.74) is 0.484. The maximum Gasteiger partial charge on any atom is 0.133 e. The van der Waals surface area contributed by atoms with Gasteiger partial charge in [-0.25, -0.2) is 13.2 Å². The fourth-order valence-corrected chi connectivity index (χ4v) is 2.31. The molecule has 0 spiro atoms. The lowest BCUT2D eigenvalue weighted by atomic mass is 10.0. The van der Waals surface area contributed by atoms with Gasteiger partial charge in [0.2, 0.25) is 0 Å². The predicted molar refractivity (Wildman–Crippen MR) is 71.6 cm³/mol. The van der Waals surface area contributed by atoms with E-state index >= 15 is 0 Å². The smallest absolute Gasteiger partial charge is 0.133 e. The fourth-order valence-electron chi connectivity index (χ4n) is 1.92. The zero-order valence-corrected chi connectivity index (χ0v) is 11.4. The summed E-state index contributed by atoms with van der Waals surface area (Å²) >= 11 is 6.04. The van der Waals surface area contributed by atoms with Crippen LogP contribution in [-0.4, -0.2) is 7.11 Å². The summed E-state index contributed by atoms with van der Waals surface area (Å²) in [5, 5.41) is -0.913. The number of alkyl halides is 1. The Labute approximate surface area is 119 Å². The zero-order valence-electron chi connectivity index (χ0n) is 10.7. The van der Waals surface area contributed by atoms with E-state index < -0.39 is 22.8 Å². The first-order valence-electron chi connectivity index (χ1n) is 5.92. The Morgan fingerprint density at radius 1 is 1.05 bits per heavy atom. The molecule has 2 aromatic carbocycles. The third kappa shape index (κ3) is 3.25. The molecule has 0 aliphatic heterocycles. The largest absolute Gasteiger partial charge is 0.497 e. The van der Waals surface area contributed by atoms with Gasteiger partial charge in [-0.2, -0.15) is 0 Å². The minimum absolute atomic E-state index is 0.227. The molecule has 5 heteroatoms. The van der Waals surface area contributed by atoms with Gasteiger partial charge in [0.25, 0.3) is 0 Å². The van der Waals surface area contributed by atoms with Crippen molar-refractivity contribution in [2.45, 2.75) is 11.8 Å². The molecule has 0 bridgehead atoms. The van der Waals surface area contributed by atoms with E-state index in [4.69, 9.17) is 16.3 Å². The lowest BCUT2D eigenvalue weighted by molar-refractivity contribution is 0.414. The van der Waals surface area contributed by atoms with Gasteiger partial charge in [0.1, 0.15) is 23.2 Å². The van der Waals surface area contributed by atoms with Gasteiger partial charge in [0.05, 0.1) is 12.5 Å². The van der Waals surface area contributed by atoms with Gasteiger partial charge in [-0.3, -0.25) is 0 Å². The summed E-state index contributed by atoms with van der Waals surface area (Å²) in [6.07, 6.45) is 0.227. The lowest BCUT2D eigenvalue weighted by Crippen LogP contribution is -2.03. The molecule has 0 aromatic heterocycles. The maximum atomic E-state index is 13.6. The number of ether oxygens (including phenoxy) is 1. The van der Waals surface area contributed by atoms with E-state index in [1.54, 1.807) is 31.4 Å². The molecule has 1 atom stereocenters. The minimum Gasteiger partial charge on any atom is -0.497 e. The Bertz CT molecular complexity index is 576. The highest BCUT2D eigenvalue weighted by atomic mass is 35.5. The molecule has 2 aromatic rings. The van der Waals surface area contributed by atoms with Crippen LogP contribution in [0.5, 0.6) is 5.75 Å². The van der Waals surface area contributed by atoms with Crippen LogP contribution in [0, 0.1) is 17.5 Å². The summed E-state index contributed by atoms with van der Waals surface area (Å²) in [5.74, 6) is -2.23. The zero-order chi connectivity index (χ0) is 14.7. The van der Waals surface area contributed by atoms with Gasteiger partial charge in [-0.15, -0.1) is 11.6 Å². The summed E-state index contributed by atoms with van der Waals surface area (Å²) in [6.45, 7) is 0. The van der Waals surface area contributed by atoms with Crippen molar-refractivity contribution in [3.63, 3.8) is 0 Å². The summed E-state index contributed by atoms with van der Waals surface area (Å²) in [4.78, 5) is 0. The minimum atomic E-state index is -0.976. The molecule has 0 heterocycles. The Balaban J connectivity index is 2.21. The number of benzene rings is 2. The second kappa shape index (κ2) is 6.18. The first kappa shape index (κ1) is 14.7. The van der Waals surface area contributed by atoms with Gasteiger partial charge < -0.3 is 4.74 Å². The molecule has 0 saturated carbocycles. The average Bonchev–Trinajstić information content (AvgIpc) is 2.38. The van der Waals surface area contributed by atoms with Crippen LogP contribution in [0.3, 0.4) is 0 Å². The van der Waals surface area contributed by atoms with E-state index in [2.05, 4.69) is 0 Å². The van der Waals surface area contributed by atoms with E-state index in [9.17, 15) is 13.2 Å². The Morgan fingerprint density at radius 3 is 2.10 bits per heavy atom. The Morgan fingerprint density at radius 2 is 1.60 bits per heavy atom. The first-order chi connectivity index (χ1) is 9.51. The second-order valence-electron chi connectivity index (χ2n) is 4.30. The number of hydrogen-bond donors (Lipinski definition) is 0. The van der Waals surface area contributed by atoms with Crippen molar-refractivity contribution in [2.24, 2.45) is 0 Å². The number of rotatable bonds is 4. The third-order valence-corrected chi connectivity index (χ3v) is 3.30. The van der Waals surface area contributed by atoms with Gasteiger partial charge in [0.15, 0.2) is 0 Å². The highest BCUT2D eigenvalue weighted by molar-refractivity contribution is 6.21. The van der Waals surface area contributed by atoms with Crippen molar-refractivity contribution >= 4 is 11.6 Å². The van der Waals surface area contributed by atoms with Crippen LogP contribution in [0.1, 0.15) is 16.5 Å². The quantitative estimate of drug-likeness (QED) is 0.748. The Hall–Kier alpha value is -1.68. The standard InChI is InChI=1S/C15H12ClF3O/c1-20-11-4-2-9(3-5-11)6-12(16)15-13(18)7-10(17)8-14(15)19/h2-5,7-8,12H,6H2,1H3.